The van der Waals surface area contributed by atoms with Crippen molar-refractivity contribution in [3.8, 4) is 0 Å². The van der Waals surface area contributed by atoms with Gasteiger partial charge in [0, 0.05) is 6.42 Å². The largest absolute Gasteiger partial charge is 0.444 e. The van der Waals surface area contributed by atoms with E-state index >= 15 is 0 Å². The van der Waals surface area contributed by atoms with E-state index in [-0.39, 0.29) is 12.5 Å². The van der Waals surface area contributed by atoms with Gasteiger partial charge >= 0.3 is 6.18 Å². The maximum atomic E-state index is 12.6. The SMILES string of the molecule is CNC(C)c1cnc(Cc2cccc(C(F)(F)F)c2)o1. The third kappa shape index (κ3) is 3.39. The molecule has 0 aliphatic rings. The lowest BCUT2D eigenvalue weighted by molar-refractivity contribution is -0.137. The van der Waals surface area contributed by atoms with Crippen LogP contribution in [0.3, 0.4) is 0 Å². The van der Waals surface area contributed by atoms with Crippen LogP contribution in [-0.2, 0) is 12.6 Å². The number of halogens is 3. The summed E-state index contributed by atoms with van der Waals surface area (Å²) in [6.45, 7) is 1.91. The first-order valence-corrected chi connectivity index (χ1v) is 6.18. The van der Waals surface area contributed by atoms with Gasteiger partial charge in [0.15, 0.2) is 5.89 Å². The van der Waals surface area contributed by atoms with Gasteiger partial charge in [-0.25, -0.2) is 4.98 Å². The lowest BCUT2D eigenvalue weighted by Crippen LogP contribution is -2.11. The summed E-state index contributed by atoms with van der Waals surface area (Å²) in [5.41, 5.74) is -0.143. The summed E-state index contributed by atoms with van der Waals surface area (Å²) in [6, 6.07) is 5.19. The Morgan fingerprint density at radius 2 is 2.10 bits per heavy atom. The average Bonchev–Trinajstić information content (AvgIpc) is 2.85. The van der Waals surface area contributed by atoms with Gasteiger partial charge in [-0.3, -0.25) is 0 Å². The highest BCUT2D eigenvalue weighted by Crippen LogP contribution is 2.30. The molecule has 0 spiro atoms. The summed E-state index contributed by atoms with van der Waals surface area (Å²) in [6.07, 6.45) is -2.51. The minimum absolute atomic E-state index is 0.0118. The van der Waals surface area contributed by atoms with E-state index in [1.165, 1.54) is 6.07 Å². The van der Waals surface area contributed by atoms with Gasteiger partial charge < -0.3 is 9.73 Å². The molecular formula is C14H15F3N2O. The molecule has 0 saturated carbocycles. The van der Waals surface area contributed by atoms with E-state index in [9.17, 15) is 13.2 Å². The second-order valence-corrected chi connectivity index (χ2v) is 4.54. The van der Waals surface area contributed by atoms with Crippen LogP contribution >= 0.6 is 0 Å². The molecule has 0 aliphatic carbocycles. The quantitative estimate of drug-likeness (QED) is 0.932. The van der Waals surface area contributed by atoms with E-state index in [1.807, 2.05) is 6.92 Å². The van der Waals surface area contributed by atoms with E-state index in [0.29, 0.717) is 17.2 Å². The molecule has 1 atom stereocenters. The number of oxazole rings is 1. The Bertz CT molecular complexity index is 578. The smallest absolute Gasteiger partial charge is 0.416 e. The molecule has 2 rings (SSSR count). The van der Waals surface area contributed by atoms with Crippen LogP contribution in [0.4, 0.5) is 13.2 Å². The highest BCUT2D eigenvalue weighted by molar-refractivity contribution is 5.27. The first-order chi connectivity index (χ1) is 9.40. The number of nitrogens with one attached hydrogen (secondary N) is 1. The fourth-order valence-corrected chi connectivity index (χ4v) is 1.78. The third-order valence-corrected chi connectivity index (χ3v) is 3.04. The molecule has 1 heterocycles. The Balaban J connectivity index is 2.16. The fourth-order valence-electron chi connectivity index (χ4n) is 1.78. The van der Waals surface area contributed by atoms with Crippen molar-refractivity contribution in [2.45, 2.75) is 25.6 Å². The van der Waals surface area contributed by atoms with Crippen molar-refractivity contribution in [3.63, 3.8) is 0 Å². The van der Waals surface area contributed by atoms with Crippen LogP contribution in [0.25, 0.3) is 0 Å². The third-order valence-electron chi connectivity index (χ3n) is 3.04. The molecule has 108 valence electrons. The number of aromatic nitrogens is 1. The summed E-state index contributed by atoms with van der Waals surface area (Å²) in [7, 11) is 1.79. The lowest BCUT2D eigenvalue weighted by Gasteiger charge is -2.08. The average molecular weight is 284 g/mol. The maximum absolute atomic E-state index is 12.6. The number of hydrogen-bond acceptors (Lipinski definition) is 3. The monoisotopic (exact) mass is 284 g/mol. The predicted octanol–water partition coefficient (Wildman–Crippen LogP) is 3.56. The molecule has 6 heteroatoms. The Labute approximate surface area is 114 Å². The first-order valence-electron chi connectivity index (χ1n) is 6.18. The van der Waals surface area contributed by atoms with Gasteiger partial charge in [-0.15, -0.1) is 0 Å². The normalized spacial score (nSPS) is 13.4. The Kier molecular flexibility index (Phi) is 4.13. The number of rotatable bonds is 4. The molecule has 1 N–H and O–H groups in total. The van der Waals surface area contributed by atoms with E-state index in [0.717, 1.165) is 12.1 Å². The number of hydrogen-bond donors (Lipinski definition) is 1. The predicted molar refractivity (Wildman–Crippen MR) is 68.2 cm³/mol. The second-order valence-electron chi connectivity index (χ2n) is 4.54. The molecule has 20 heavy (non-hydrogen) atoms. The summed E-state index contributed by atoms with van der Waals surface area (Å²) >= 11 is 0. The van der Waals surface area contributed by atoms with Crippen LogP contribution < -0.4 is 5.32 Å². The molecule has 0 saturated heterocycles. The van der Waals surface area contributed by atoms with Crippen molar-refractivity contribution in [1.82, 2.24) is 10.3 Å². The molecule has 3 nitrogen and oxygen atoms in total. The molecule has 0 amide bonds. The summed E-state index contributed by atoms with van der Waals surface area (Å²) in [4.78, 5) is 4.08. The first kappa shape index (κ1) is 14.6. The second kappa shape index (κ2) is 5.66. The van der Waals surface area contributed by atoms with Gasteiger partial charge in [-0.1, -0.05) is 18.2 Å². The Morgan fingerprint density at radius 1 is 1.35 bits per heavy atom. The molecule has 1 unspecified atom stereocenters. The minimum Gasteiger partial charge on any atom is -0.444 e. The topological polar surface area (TPSA) is 38.1 Å². The van der Waals surface area contributed by atoms with Crippen molar-refractivity contribution in [3.05, 3.63) is 53.2 Å². The number of nitrogens with zero attached hydrogens (tertiary/aromatic N) is 1. The molecule has 0 bridgehead atoms. The van der Waals surface area contributed by atoms with E-state index in [2.05, 4.69) is 10.3 Å². The van der Waals surface area contributed by atoms with Crippen molar-refractivity contribution in [2.24, 2.45) is 0 Å². The van der Waals surface area contributed by atoms with Crippen LogP contribution in [-0.4, -0.2) is 12.0 Å². The number of alkyl halides is 3. The molecular weight excluding hydrogens is 269 g/mol. The van der Waals surface area contributed by atoms with E-state index in [1.54, 1.807) is 19.3 Å². The fraction of sp³-hybridized carbons (Fsp3) is 0.357. The number of benzene rings is 1. The van der Waals surface area contributed by atoms with E-state index < -0.39 is 11.7 Å². The summed E-state index contributed by atoms with van der Waals surface area (Å²) in [5.74, 6) is 1.07. The van der Waals surface area contributed by atoms with Crippen molar-refractivity contribution in [1.29, 1.82) is 0 Å². The van der Waals surface area contributed by atoms with Gasteiger partial charge in [0.2, 0.25) is 0 Å². The zero-order chi connectivity index (χ0) is 14.8. The minimum atomic E-state index is -4.33. The summed E-state index contributed by atoms with van der Waals surface area (Å²) < 4.78 is 43.4. The van der Waals surface area contributed by atoms with Crippen LogP contribution in [0.15, 0.2) is 34.9 Å². The highest BCUT2D eigenvalue weighted by atomic mass is 19.4. The van der Waals surface area contributed by atoms with Crippen molar-refractivity contribution < 1.29 is 17.6 Å². The molecule has 0 fully saturated rings. The molecule has 0 radical (unpaired) electrons. The van der Waals surface area contributed by atoms with Gasteiger partial charge in [0.25, 0.3) is 0 Å². The molecule has 2 aromatic rings. The van der Waals surface area contributed by atoms with Crippen LogP contribution in [0, 0.1) is 0 Å². The standard InChI is InChI=1S/C14H15F3N2O/c1-9(18-2)12-8-19-13(20-12)7-10-4-3-5-11(6-10)14(15,16)17/h3-6,8-9,18H,7H2,1-2H3. The highest BCUT2D eigenvalue weighted by Gasteiger charge is 2.30. The van der Waals surface area contributed by atoms with E-state index in [4.69, 9.17) is 4.42 Å². The van der Waals surface area contributed by atoms with Gasteiger partial charge in [0.1, 0.15) is 5.76 Å². The molecule has 1 aromatic heterocycles. The van der Waals surface area contributed by atoms with Crippen LogP contribution in [0.5, 0.6) is 0 Å². The zero-order valence-corrected chi connectivity index (χ0v) is 11.2. The molecule has 1 aromatic carbocycles. The Hall–Kier alpha value is -1.82. The summed E-state index contributed by atoms with van der Waals surface area (Å²) in [5, 5.41) is 3.00. The van der Waals surface area contributed by atoms with Gasteiger partial charge in [0.05, 0.1) is 17.8 Å². The van der Waals surface area contributed by atoms with Crippen molar-refractivity contribution >= 4 is 0 Å². The maximum Gasteiger partial charge on any atom is 0.416 e. The lowest BCUT2D eigenvalue weighted by atomic mass is 10.1. The zero-order valence-electron chi connectivity index (χ0n) is 11.2. The van der Waals surface area contributed by atoms with Crippen LogP contribution in [0.1, 0.15) is 35.7 Å². The molecule has 0 aliphatic heterocycles. The van der Waals surface area contributed by atoms with Gasteiger partial charge in [-0.05, 0) is 25.6 Å². The van der Waals surface area contributed by atoms with Gasteiger partial charge in [-0.2, -0.15) is 13.2 Å². The van der Waals surface area contributed by atoms with Crippen LogP contribution in [0.2, 0.25) is 0 Å². The van der Waals surface area contributed by atoms with Crippen molar-refractivity contribution in [2.75, 3.05) is 7.05 Å². The Morgan fingerprint density at radius 3 is 2.75 bits per heavy atom.